The lowest BCUT2D eigenvalue weighted by molar-refractivity contribution is -0.305. The summed E-state index contributed by atoms with van der Waals surface area (Å²) in [7, 11) is 0. The summed E-state index contributed by atoms with van der Waals surface area (Å²) in [6.45, 7) is -0.110. The van der Waals surface area contributed by atoms with Crippen molar-refractivity contribution in [2.45, 2.75) is 6.42 Å². The molecule has 0 radical (unpaired) electrons. The van der Waals surface area contributed by atoms with Crippen molar-refractivity contribution >= 4 is 49.5 Å². The average molecular weight is 381 g/mol. The number of hydrogen-bond acceptors (Lipinski definition) is 4. The van der Waals surface area contributed by atoms with Crippen LogP contribution < -0.4 is 15.7 Å². The van der Waals surface area contributed by atoms with Crippen LogP contribution in [0, 0.1) is 0 Å². The first-order chi connectivity index (χ1) is 8.32. The molecule has 6 nitrogen and oxygen atoms in total. The number of aliphatic carboxylic acids is 1. The van der Waals surface area contributed by atoms with Crippen molar-refractivity contribution in [1.29, 1.82) is 0 Å². The topological polar surface area (TPSA) is 107 Å². The number of benzene rings is 1. The third-order valence-corrected chi connectivity index (χ3v) is 3.33. The van der Waals surface area contributed by atoms with Gasteiger partial charge in [-0.2, -0.15) is 0 Å². The number of carbonyl (C=O) groups excluding carboxylic acids is 2. The Kier molecular flexibility index (Phi) is 4.97. The van der Waals surface area contributed by atoms with Crippen LogP contribution >= 0.6 is 31.9 Å². The molecule has 3 N–H and O–H groups in total. The van der Waals surface area contributed by atoms with E-state index in [1.807, 2.05) is 0 Å². The van der Waals surface area contributed by atoms with Crippen LogP contribution in [-0.2, 0) is 4.79 Å². The molecule has 0 heterocycles. The Balaban J connectivity index is 3.06. The third kappa shape index (κ3) is 3.61. The monoisotopic (exact) mass is 379 g/mol. The van der Waals surface area contributed by atoms with Gasteiger partial charge in [-0.3, -0.25) is 4.90 Å². The molecule has 0 aliphatic rings. The highest BCUT2D eigenvalue weighted by atomic mass is 79.9. The van der Waals surface area contributed by atoms with Crippen molar-refractivity contribution in [3.8, 4) is 5.75 Å². The van der Waals surface area contributed by atoms with Gasteiger partial charge >= 0.3 is 6.03 Å². The molecule has 98 valence electrons. The van der Waals surface area contributed by atoms with Crippen molar-refractivity contribution in [3.63, 3.8) is 0 Å². The third-order valence-electron chi connectivity index (χ3n) is 2.12. The molecule has 0 unspecified atom stereocenters. The molecule has 0 aromatic heterocycles. The molecular weight excluding hydrogens is 372 g/mol. The summed E-state index contributed by atoms with van der Waals surface area (Å²) in [5, 5.41) is 19.9. The highest BCUT2D eigenvalue weighted by molar-refractivity contribution is 9.11. The number of halogens is 2. The molecule has 0 aliphatic carbocycles. The van der Waals surface area contributed by atoms with Gasteiger partial charge in [-0.15, -0.1) is 0 Å². The second kappa shape index (κ2) is 6.05. The highest BCUT2D eigenvalue weighted by Gasteiger charge is 2.15. The second-order valence-electron chi connectivity index (χ2n) is 3.37. The molecule has 18 heavy (non-hydrogen) atoms. The molecule has 0 bridgehead atoms. The van der Waals surface area contributed by atoms with Gasteiger partial charge in [0.2, 0.25) is 0 Å². The number of anilines is 1. The minimum Gasteiger partial charge on any atom is -0.550 e. The summed E-state index contributed by atoms with van der Waals surface area (Å²) >= 11 is 6.21. The predicted octanol–water partition coefficient (Wildman–Crippen LogP) is 0.942. The van der Waals surface area contributed by atoms with Crippen LogP contribution in [-0.4, -0.2) is 23.7 Å². The lowest BCUT2D eigenvalue weighted by Gasteiger charge is -2.21. The lowest BCUT2D eigenvalue weighted by atomic mass is 10.2. The Bertz CT molecular complexity index is 470. The summed E-state index contributed by atoms with van der Waals surface area (Å²) < 4.78 is 0.707. The largest absolute Gasteiger partial charge is 0.550 e. The number of urea groups is 1. The molecule has 1 rings (SSSR count). The van der Waals surface area contributed by atoms with Crippen LogP contribution in [0.1, 0.15) is 6.42 Å². The number of carbonyl (C=O) groups is 2. The molecule has 0 saturated carbocycles. The number of phenols is 1. The first-order valence-electron chi connectivity index (χ1n) is 4.77. The number of primary amides is 1. The fourth-order valence-corrected chi connectivity index (χ4v) is 2.44. The van der Waals surface area contributed by atoms with Gasteiger partial charge in [0.25, 0.3) is 0 Å². The highest BCUT2D eigenvalue weighted by Crippen LogP contribution is 2.36. The average Bonchev–Trinajstić information content (AvgIpc) is 2.25. The Labute approximate surface area is 120 Å². The summed E-state index contributed by atoms with van der Waals surface area (Å²) in [4.78, 5) is 22.7. The maximum absolute atomic E-state index is 11.3. The van der Waals surface area contributed by atoms with Gasteiger partial charge < -0.3 is 20.7 Å². The fourth-order valence-electron chi connectivity index (χ4n) is 1.28. The lowest BCUT2D eigenvalue weighted by Crippen LogP contribution is -2.39. The Morgan fingerprint density at radius 3 is 2.22 bits per heavy atom. The van der Waals surface area contributed by atoms with Crippen molar-refractivity contribution in [1.82, 2.24) is 0 Å². The number of amides is 2. The van der Waals surface area contributed by atoms with Gasteiger partial charge in [-0.25, -0.2) is 4.79 Å². The standard InChI is InChI=1S/C10H10Br2N2O4/c11-6-3-5(4-7(12)9(6)17)14(10(13)18)2-1-8(15)16/h3-4,17H,1-2H2,(H2,13,18)(H,15,16)/p-1. The van der Waals surface area contributed by atoms with E-state index in [9.17, 15) is 19.8 Å². The second-order valence-corrected chi connectivity index (χ2v) is 5.08. The molecule has 1 aromatic rings. The predicted molar refractivity (Wildman–Crippen MR) is 70.1 cm³/mol. The van der Waals surface area contributed by atoms with Crippen LogP contribution in [0.4, 0.5) is 10.5 Å². The first-order valence-corrected chi connectivity index (χ1v) is 6.36. The van der Waals surface area contributed by atoms with Crippen molar-refractivity contribution in [2.24, 2.45) is 5.73 Å². The number of carboxylic acids is 1. The van der Waals surface area contributed by atoms with Crippen LogP contribution in [0.15, 0.2) is 21.1 Å². The van der Waals surface area contributed by atoms with Gasteiger partial charge in [0.05, 0.1) is 8.95 Å². The van der Waals surface area contributed by atoms with Crippen molar-refractivity contribution < 1.29 is 19.8 Å². The molecule has 2 amide bonds. The molecule has 0 aliphatic heterocycles. The summed E-state index contributed by atoms with van der Waals surface area (Å²) in [6.07, 6.45) is -0.334. The van der Waals surface area contributed by atoms with Crippen LogP contribution in [0.25, 0.3) is 0 Å². The SMILES string of the molecule is NC(=O)N(CCC(=O)[O-])c1cc(Br)c(O)c(Br)c1. The minimum absolute atomic E-state index is 0.0249. The smallest absolute Gasteiger partial charge is 0.319 e. The van der Waals surface area contributed by atoms with E-state index in [0.717, 1.165) is 4.90 Å². The molecule has 0 atom stereocenters. The van der Waals surface area contributed by atoms with Crippen LogP contribution in [0.3, 0.4) is 0 Å². The number of nitrogens with zero attached hydrogens (tertiary/aromatic N) is 1. The van der Waals surface area contributed by atoms with Crippen LogP contribution in [0.5, 0.6) is 5.75 Å². The van der Waals surface area contributed by atoms with Crippen LogP contribution in [0.2, 0.25) is 0 Å². The van der Waals surface area contributed by atoms with E-state index in [1.165, 1.54) is 12.1 Å². The summed E-state index contributed by atoms with van der Waals surface area (Å²) in [6, 6.07) is 2.13. The zero-order valence-electron chi connectivity index (χ0n) is 9.02. The minimum atomic E-state index is -1.28. The Morgan fingerprint density at radius 1 is 1.33 bits per heavy atom. The van der Waals surface area contributed by atoms with E-state index >= 15 is 0 Å². The number of aromatic hydroxyl groups is 1. The van der Waals surface area contributed by atoms with Gasteiger partial charge in [0.15, 0.2) is 0 Å². The Morgan fingerprint density at radius 2 is 1.83 bits per heavy atom. The van der Waals surface area contributed by atoms with E-state index in [4.69, 9.17) is 5.73 Å². The maximum Gasteiger partial charge on any atom is 0.319 e. The zero-order chi connectivity index (χ0) is 13.9. The Hall–Kier alpha value is -1.28. The quantitative estimate of drug-likeness (QED) is 0.810. The number of hydrogen-bond donors (Lipinski definition) is 2. The van der Waals surface area contributed by atoms with E-state index in [1.54, 1.807) is 0 Å². The van der Waals surface area contributed by atoms with E-state index < -0.39 is 12.0 Å². The molecular formula is C10H9Br2N2O4-. The van der Waals surface area contributed by atoms with Gasteiger partial charge in [-0.05, 0) is 44.0 Å². The molecule has 0 spiro atoms. The number of rotatable bonds is 4. The number of nitrogens with two attached hydrogens (primary N) is 1. The summed E-state index contributed by atoms with van der Waals surface area (Å²) in [5.74, 6) is -1.30. The normalized spacial score (nSPS) is 10.1. The fraction of sp³-hybridized carbons (Fsp3) is 0.200. The van der Waals surface area contributed by atoms with E-state index in [-0.39, 0.29) is 18.7 Å². The maximum atomic E-state index is 11.3. The molecule has 0 fully saturated rings. The van der Waals surface area contributed by atoms with Gasteiger partial charge in [0.1, 0.15) is 5.75 Å². The molecule has 8 heteroatoms. The van der Waals surface area contributed by atoms with E-state index in [0.29, 0.717) is 14.6 Å². The number of carboxylic acid groups (broad SMARTS) is 1. The molecule has 0 saturated heterocycles. The first kappa shape index (κ1) is 14.8. The van der Waals surface area contributed by atoms with Gasteiger partial charge in [-0.1, -0.05) is 0 Å². The zero-order valence-corrected chi connectivity index (χ0v) is 12.2. The van der Waals surface area contributed by atoms with Crippen molar-refractivity contribution in [2.75, 3.05) is 11.4 Å². The molecule has 1 aromatic carbocycles. The van der Waals surface area contributed by atoms with Crippen molar-refractivity contribution in [3.05, 3.63) is 21.1 Å². The van der Waals surface area contributed by atoms with Gasteiger partial charge in [0, 0.05) is 24.6 Å². The summed E-state index contributed by atoms with van der Waals surface area (Å²) in [5.41, 5.74) is 5.54. The number of phenolic OH excluding ortho intramolecular Hbond substituents is 1. The van der Waals surface area contributed by atoms with E-state index in [2.05, 4.69) is 31.9 Å².